The number of para-hydroxylation sites is 1. The van der Waals surface area contributed by atoms with Crippen LogP contribution < -0.4 is 4.90 Å². The van der Waals surface area contributed by atoms with Gasteiger partial charge in [-0.15, -0.1) is 0 Å². The van der Waals surface area contributed by atoms with Gasteiger partial charge in [-0.2, -0.15) is 0 Å². The molecule has 2 heterocycles. The molecule has 2 aromatic rings. The third kappa shape index (κ3) is 3.24. The van der Waals surface area contributed by atoms with E-state index in [2.05, 4.69) is 72.2 Å². The van der Waals surface area contributed by atoms with Gasteiger partial charge in [0.05, 0.1) is 13.6 Å². The number of rotatable bonds is 3. The minimum Gasteiger partial charge on any atom is -0.351 e. The fourth-order valence-electron chi connectivity index (χ4n) is 7.66. The zero-order valence-electron chi connectivity index (χ0n) is 21.0. The van der Waals surface area contributed by atoms with E-state index in [4.69, 9.17) is 0 Å². The second kappa shape index (κ2) is 8.52. The first-order valence-corrected chi connectivity index (χ1v) is 13.3. The van der Waals surface area contributed by atoms with Crippen molar-refractivity contribution in [1.82, 2.24) is 4.90 Å². The standard InChI is InChI=1S/C30H40N2/c1-21-13-9-12-20-27(21)31-22(2)28-25-18-10-11-19-26(25)29(23-14-5-3-6-15-23)32(28)30(31)24-16-7-4-8-17-24/h9-13,18-20,22-24,28-30H,3-8,14-17H2,1-2H3/t22-,28?,29?,30?/m0/s1/i29D. The topological polar surface area (TPSA) is 6.48 Å². The number of benzene rings is 2. The monoisotopic (exact) mass is 429 g/mol. The molecule has 2 aliphatic heterocycles. The number of nitrogens with zero attached hydrogens (tertiary/aromatic N) is 2. The summed E-state index contributed by atoms with van der Waals surface area (Å²) in [6.07, 6.45) is 13.3. The molecule has 4 atom stereocenters. The first-order valence-electron chi connectivity index (χ1n) is 13.8. The SMILES string of the molecule is [2H]C1(C2CCCCC2)c2ccccc2C2[C@H](C)N(c3ccccc3C)C(C3CCCCC3)N21. The van der Waals surface area contributed by atoms with Crippen molar-refractivity contribution in [1.29, 1.82) is 0 Å². The Morgan fingerprint density at radius 2 is 1.34 bits per heavy atom. The predicted molar refractivity (Wildman–Crippen MR) is 134 cm³/mol. The van der Waals surface area contributed by atoms with Crippen LogP contribution in [0.2, 0.25) is 0 Å². The number of hydrogen-bond acceptors (Lipinski definition) is 2. The van der Waals surface area contributed by atoms with Gasteiger partial charge in [0.2, 0.25) is 0 Å². The molecule has 2 aromatic carbocycles. The van der Waals surface area contributed by atoms with Gasteiger partial charge in [-0.25, -0.2) is 0 Å². The van der Waals surface area contributed by atoms with E-state index < -0.39 is 6.02 Å². The van der Waals surface area contributed by atoms with Crippen molar-refractivity contribution in [2.45, 2.75) is 102 Å². The Morgan fingerprint density at radius 3 is 2.03 bits per heavy atom. The highest BCUT2D eigenvalue weighted by atomic mass is 15.5. The third-order valence-corrected chi connectivity index (χ3v) is 9.06. The largest absolute Gasteiger partial charge is 0.351 e. The lowest BCUT2D eigenvalue weighted by Gasteiger charge is -2.44. The van der Waals surface area contributed by atoms with Crippen molar-refractivity contribution in [3.05, 3.63) is 65.2 Å². The number of anilines is 1. The molecule has 2 aliphatic carbocycles. The van der Waals surface area contributed by atoms with Crippen molar-refractivity contribution in [3.8, 4) is 0 Å². The highest BCUT2D eigenvalue weighted by Crippen LogP contribution is 2.58. The van der Waals surface area contributed by atoms with E-state index in [0.29, 0.717) is 30.1 Å². The molecule has 6 rings (SSSR count). The van der Waals surface area contributed by atoms with Crippen LogP contribution in [0.3, 0.4) is 0 Å². The minimum atomic E-state index is -0.602. The van der Waals surface area contributed by atoms with Gasteiger partial charge < -0.3 is 4.90 Å². The van der Waals surface area contributed by atoms with Crippen LogP contribution in [0.1, 0.15) is 101 Å². The molecule has 0 spiro atoms. The van der Waals surface area contributed by atoms with Gasteiger partial charge in [-0.1, -0.05) is 81.0 Å². The molecule has 0 aromatic heterocycles. The molecule has 2 nitrogen and oxygen atoms in total. The van der Waals surface area contributed by atoms with E-state index in [-0.39, 0.29) is 0 Å². The molecule has 0 N–H and O–H groups in total. The first-order chi connectivity index (χ1) is 16.1. The van der Waals surface area contributed by atoms with E-state index in [9.17, 15) is 1.37 Å². The summed E-state index contributed by atoms with van der Waals surface area (Å²) in [5.74, 6) is 1.08. The van der Waals surface area contributed by atoms with Crippen LogP contribution in [0.15, 0.2) is 48.5 Å². The van der Waals surface area contributed by atoms with Crippen LogP contribution in [0.4, 0.5) is 5.69 Å². The van der Waals surface area contributed by atoms with Gasteiger partial charge >= 0.3 is 0 Å². The molecular formula is C30H40N2. The van der Waals surface area contributed by atoms with Crippen LogP contribution in [-0.2, 0) is 0 Å². The van der Waals surface area contributed by atoms with Gasteiger partial charge in [-0.3, -0.25) is 4.90 Å². The van der Waals surface area contributed by atoms with E-state index >= 15 is 0 Å². The molecule has 0 bridgehead atoms. The van der Waals surface area contributed by atoms with Crippen molar-refractivity contribution in [2.75, 3.05) is 4.90 Å². The molecule has 170 valence electrons. The Labute approximate surface area is 196 Å². The molecular weight excluding hydrogens is 388 g/mol. The normalized spacial score (nSPS) is 34.4. The van der Waals surface area contributed by atoms with E-state index in [0.717, 1.165) is 0 Å². The second-order valence-corrected chi connectivity index (χ2v) is 10.9. The highest BCUT2D eigenvalue weighted by Gasteiger charge is 2.56. The van der Waals surface area contributed by atoms with Crippen LogP contribution in [-0.4, -0.2) is 17.1 Å². The maximum absolute atomic E-state index is 10.3. The summed E-state index contributed by atoms with van der Waals surface area (Å²) in [4.78, 5) is 5.51. The Hall–Kier alpha value is -1.80. The molecule has 1 saturated heterocycles. The van der Waals surface area contributed by atoms with Crippen LogP contribution in [0.5, 0.6) is 0 Å². The summed E-state index contributed by atoms with van der Waals surface area (Å²) in [7, 11) is 0. The lowest BCUT2D eigenvalue weighted by atomic mass is 9.79. The number of fused-ring (bicyclic) bond motifs is 3. The summed E-state index contributed by atoms with van der Waals surface area (Å²) in [6.45, 7) is 4.71. The van der Waals surface area contributed by atoms with Crippen molar-refractivity contribution in [3.63, 3.8) is 0 Å². The summed E-state index contributed by atoms with van der Waals surface area (Å²) in [6, 6.07) is 18.1. The molecule has 4 aliphatic rings. The van der Waals surface area contributed by atoms with Crippen LogP contribution in [0.25, 0.3) is 0 Å². The maximum Gasteiger partial charge on any atom is 0.0864 e. The molecule has 2 saturated carbocycles. The summed E-state index contributed by atoms with van der Waals surface area (Å²) >= 11 is 0. The lowest BCUT2D eigenvalue weighted by Crippen LogP contribution is -2.48. The average Bonchev–Trinajstić information content (AvgIpc) is 3.32. The average molecular weight is 430 g/mol. The molecule has 32 heavy (non-hydrogen) atoms. The zero-order chi connectivity index (χ0) is 22.6. The number of hydrogen-bond donors (Lipinski definition) is 0. The molecule has 3 unspecified atom stereocenters. The Balaban J connectivity index is 1.53. The molecule has 0 radical (unpaired) electrons. The van der Waals surface area contributed by atoms with Gasteiger partial charge in [-0.05, 0) is 74.1 Å². The van der Waals surface area contributed by atoms with Crippen LogP contribution in [0, 0.1) is 18.8 Å². The van der Waals surface area contributed by atoms with Gasteiger partial charge in [0.15, 0.2) is 0 Å². The number of aryl methyl sites for hydroxylation is 1. The van der Waals surface area contributed by atoms with E-state index in [1.807, 2.05) is 0 Å². The Morgan fingerprint density at radius 1 is 0.750 bits per heavy atom. The minimum absolute atomic E-state index is 0.312. The quantitative estimate of drug-likeness (QED) is 0.491. The van der Waals surface area contributed by atoms with Gasteiger partial charge in [0.1, 0.15) is 0 Å². The molecule has 0 amide bonds. The van der Waals surface area contributed by atoms with Gasteiger partial charge in [0, 0.05) is 17.7 Å². The smallest absolute Gasteiger partial charge is 0.0864 e. The van der Waals surface area contributed by atoms with E-state index in [1.54, 1.807) is 0 Å². The summed E-state index contributed by atoms with van der Waals surface area (Å²) < 4.78 is 10.3. The van der Waals surface area contributed by atoms with Crippen molar-refractivity contribution >= 4 is 5.69 Å². The highest BCUT2D eigenvalue weighted by molar-refractivity contribution is 5.58. The molecule has 3 fully saturated rings. The Bertz CT molecular complexity index is 992. The van der Waals surface area contributed by atoms with Gasteiger partial charge in [0.25, 0.3) is 0 Å². The van der Waals surface area contributed by atoms with Crippen molar-refractivity contribution < 1.29 is 1.37 Å². The van der Waals surface area contributed by atoms with E-state index in [1.165, 1.54) is 86.6 Å². The van der Waals surface area contributed by atoms with Crippen LogP contribution >= 0.6 is 0 Å². The second-order valence-electron chi connectivity index (χ2n) is 10.9. The first kappa shape index (κ1) is 19.6. The fourth-order valence-corrected chi connectivity index (χ4v) is 7.66. The summed E-state index contributed by atoms with van der Waals surface area (Å²) in [5.41, 5.74) is 5.51. The maximum atomic E-state index is 10.3. The fraction of sp³-hybridized carbons (Fsp3) is 0.600. The Kier molecular flexibility index (Phi) is 5.23. The lowest BCUT2D eigenvalue weighted by molar-refractivity contribution is 0.0526. The van der Waals surface area contributed by atoms with Crippen molar-refractivity contribution in [2.24, 2.45) is 11.8 Å². The third-order valence-electron chi connectivity index (χ3n) is 9.06. The zero-order valence-corrected chi connectivity index (χ0v) is 20.0. The predicted octanol–water partition coefficient (Wildman–Crippen LogP) is 7.79. The summed E-state index contributed by atoms with van der Waals surface area (Å²) in [5, 5.41) is 0. The molecule has 2 heteroatoms.